The van der Waals surface area contributed by atoms with Gasteiger partial charge in [-0.15, -0.1) is 0 Å². The van der Waals surface area contributed by atoms with Gasteiger partial charge in [0.15, 0.2) is 0 Å². The Balaban J connectivity index is 2.14. The van der Waals surface area contributed by atoms with E-state index in [1.807, 2.05) is 24.6 Å². The molecule has 0 radical (unpaired) electrons. The van der Waals surface area contributed by atoms with Crippen molar-refractivity contribution in [1.29, 1.82) is 0 Å². The average Bonchev–Trinajstić information content (AvgIpc) is 2.71. The maximum Gasteiger partial charge on any atom is 0.0674 e. The van der Waals surface area contributed by atoms with E-state index in [9.17, 15) is 0 Å². The maximum atomic E-state index is 6.26. The summed E-state index contributed by atoms with van der Waals surface area (Å²) in [5, 5.41) is 8.67. The molecule has 0 bridgehead atoms. The van der Waals surface area contributed by atoms with Crippen molar-refractivity contribution in [2.75, 3.05) is 6.54 Å². The fourth-order valence-corrected chi connectivity index (χ4v) is 2.32. The minimum Gasteiger partial charge on any atom is -0.313 e. The number of aryl methyl sites for hydroxylation is 2. The number of aromatic nitrogens is 2. The van der Waals surface area contributed by atoms with E-state index >= 15 is 0 Å². The van der Waals surface area contributed by atoms with Crippen LogP contribution in [0.3, 0.4) is 0 Å². The van der Waals surface area contributed by atoms with Crippen molar-refractivity contribution >= 4 is 11.6 Å². The van der Waals surface area contributed by atoms with Crippen LogP contribution in [0, 0.1) is 13.8 Å². The first-order valence-corrected chi connectivity index (χ1v) is 6.96. The number of nitrogens with one attached hydrogen (secondary N) is 1. The van der Waals surface area contributed by atoms with Gasteiger partial charge in [0.05, 0.1) is 12.2 Å². The molecule has 4 heteroatoms. The summed E-state index contributed by atoms with van der Waals surface area (Å²) in [6.07, 6.45) is 2.09. The molecule has 1 aromatic heterocycles. The van der Waals surface area contributed by atoms with Gasteiger partial charge in [0.25, 0.3) is 0 Å². The molecule has 1 N–H and O–H groups in total. The summed E-state index contributed by atoms with van der Waals surface area (Å²) in [7, 11) is 0. The van der Waals surface area contributed by atoms with E-state index in [0.717, 1.165) is 29.4 Å². The number of nitrogens with zero attached hydrogens (tertiary/aromatic N) is 2. The number of hydrogen-bond acceptors (Lipinski definition) is 2. The number of hydrogen-bond donors (Lipinski definition) is 1. The quantitative estimate of drug-likeness (QED) is 0.909. The Labute approximate surface area is 119 Å². The minimum atomic E-state index is 0.714. The Hall–Kier alpha value is -1.32. The van der Waals surface area contributed by atoms with Crippen molar-refractivity contribution in [3.8, 4) is 0 Å². The van der Waals surface area contributed by atoms with Crippen LogP contribution in [0.5, 0.6) is 0 Å². The van der Waals surface area contributed by atoms with E-state index in [2.05, 4.69) is 35.7 Å². The topological polar surface area (TPSA) is 29.9 Å². The zero-order valence-electron chi connectivity index (χ0n) is 11.7. The third-order valence-corrected chi connectivity index (χ3v) is 3.51. The lowest BCUT2D eigenvalue weighted by atomic mass is 10.1. The first-order chi connectivity index (χ1) is 9.10. The van der Waals surface area contributed by atoms with Crippen LogP contribution in [0.1, 0.15) is 29.3 Å². The van der Waals surface area contributed by atoms with E-state index in [4.69, 9.17) is 11.6 Å². The molecule has 2 rings (SSSR count). The van der Waals surface area contributed by atoms with Gasteiger partial charge in [-0.25, -0.2) is 0 Å². The van der Waals surface area contributed by atoms with Crippen molar-refractivity contribution in [3.05, 3.63) is 51.8 Å². The molecule has 1 aromatic carbocycles. The van der Waals surface area contributed by atoms with Crippen molar-refractivity contribution < 1.29 is 0 Å². The molecular weight excluding hydrogens is 258 g/mol. The summed E-state index contributed by atoms with van der Waals surface area (Å²) in [6, 6.07) is 6.14. The minimum absolute atomic E-state index is 0.714. The largest absolute Gasteiger partial charge is 0.313 e. The fraction of sp³-hybridized carbons (Fsp3) is 0.400. The van der Waals surface area contributed by atoms with Gasteiger partial charge < -0.3 is 5.32 Å². The molecule has 1 heterocycles. The smallest absolute Gasteiger partial charge is 0.0674 e. The highest BCUT2D eigenvalue weighted by atomic mass is 35.5. The Kier molecular flexibility index (Phi) is 4.61. The molecule has 0 aliphatic rings. The standard InChI is InChI=1S/C15H20ClN3/c1-4-17-8-14-10-19(18-12(14)3)9-13-6-5-11(2)7-15(13)16/h5-7,10,17H,4,8-9H2,1-3H3. The highest BCUT2D eigenvalue weighted by Crippen LogP contribution is 2.19. The second-order valence-electron chi connectivity index (χ2n) is 4.81. The van der Waals surface area contributed by atoms with E-state index in [0.29, 0.717) is 6.54 Å². The third-order valence-electron chi connectivity index (χ3n) is 3.15. The fourth-order valence-electron chi connectivity index (χ4n) is 2.03. The lowest BCUT2D eigenvalue weighted by Gasteiger charge is -2.05. The van der Waals surface area contributed by atoms with Gasteiger partial charge in [-0.3, -0.25) is 4.68 Å². The summed E-state index contributed by atoms with van der Waals surface area (Å²) in [5.41, 5.74) is 4.59. The molecule has 19 heavy (non-hydrogen) atoms. The van der Waals surface area contributed by atoms with Crippen LogP contribution >= 0.6 is 11.6 Å². The Bertz CT molecular complexity index is 561. The summed E-state index contributed by atoms with van der Waals surface area (Å²) in [6.45, 7) is 8.73. The van der Waals surface area contributed by atoms with Crippen LogP contribution < -0.4 is 5.32 Å². The van der Waals surface area contributed by atoms with Crippen molar-refractivity contribution in [2.24, 2.45) is 0 Å². The van der Waals surface area contributed by atoms with Gasteiger partial charge in [-0.05, 0) is 37.6 Å². The van der Waals surface area contributed by atoms with Crippen LogP contribution in [0.15, 0.2) is 24.4 Å². The molecule has 2 aromatic rings. The second-order valence-corrected chi connectivity index (χ2v) is 5.22. The predicted molar refractivity (Wildman–Crippen MR) is 79.6 cm³/mol. The van der Waals surface area contributed by atoms with E-state index in [-0.39, 0.29) is 0 Å². The van der Waals surface area contributed by atoms with Gasteiger partial charge >= 0.3 is 0 Å². The molecule has 0 spiro atoms. The average molecular weight is 278 g/mol. The Morgan fingerprint density at radius 1 is 1.26 bits per heavy atom. The van der Waals surface area contributed by atoms with Crippen molar-refractivity contribution in [3.63, 3.8) is 0 Å². The van der Waals surface area contributed by atoms with Crippen molar-refractivity contribution in [2.45, 2.75) is 33.9 Å². The monoisotopic (exact) mass is 277 g/mol. The first kappa shape index (κ1) is 14.1. The third kappa shape index (κ3) is 3.58. The lowest BCUT2D eigenvalue weighted by Crippen LogP contribution is -2.11. The normalized spacial score (nSPS) is 10.9. The van der Waals surface area contributed by atoms with Crippen LogP contribution in [0.4, 0.5) is 0 Å². The second kappa shape index (κ2) is 6.22. The highest BCUT2D eigenvalue weighted by molar-refractivity contribution is 6.31. The maximum absolute atomic E-state index is 6.26. The molecule has 0 atom stereocenters. The SMILES string of the molecule is CCNCc1cn(Cc2ccc(C)cc2Cl)nc1C. The highest BCUT2D eigenvalue weighted by Gasteiger charge is 2.06. The molecule has 0 saturated carbocycles. The molecule has 0 aliphatic heterocycles. The van der Waals surface area contributed by atoms with E-state index in [1.54, 1.807) is 0 Å². The first-order valence-electron chi connectivity index (χ1n) is 6.59. The Morgan fingerprint density at radius 3 is 2.74 bits per heavy atom. The number of rotatable bonds is 5. The molecule has 0 aliphatic carbocycles. The summed E-state index contributed by atoms with van der Waals surface area (Å²) in [4.78, 5) is 0. The molecule has 0 unspecified atom stereocenters. The number of halogens is 1. The summed E-state index contributed by atoms with van der Waals surface area (Å²) in [5.74, 6) is 0. The summed E-state index contributed by atoms with van der Waals surface area (Å²) < 4.78 is 1.96. The lowest BCUT2D eigenvalue weighted by molar-refractivity contribution is 0.678. The predicted octanol–water partition coefficient (Wildman–Crippen LogP) is 3.31. The van der Waals surface area contributed by atoms with Gasteiger partial charge in [-0.2, -0.15) is 5.10 Å². The van der Waals surface area contributed by atoms with E-state index in [1.165, 1.54) is 11.1 Å². The van der Waals surface area contributed by atoms with E-state index < -0.39 is 0 Å². The molecule has 0 saturated heterocycles. The molecule has 3 nitrogen and oxygen atoms in total. The van der Waals surface area contributed by atoms with Crippen LogP contribution in [0.25, 0.3) is 0 Å². The molecule has 102 valence electrons. The van der Waals surface area contributed by atoms with Gasteiger partial charge in [0, 0.05) is 23.3 Å². The Morgan fingerprint density at radius 2 is 2.05 bits per heavy atom. The zero-order chi connectivity index (χ0) is 13.8. The van der Waals surface area contributed by atoms with Gasteiger partial charge in [-0.1, -0.05) is 30.7 Å². The number of benzene rings is 1. The van der Waals surface area contributed by atoms with Crippen LogP contribution in [0.2, 0.25) is 5.02 Å². The molecule has 0 fully saturated rings. The summed E-state index contributed by atoms with van der Waals surface area (Å²) >= 11 is 6.26. The van der Waals surface area contributed by atoms with Crippen molar-refractivity contribution in [1.82, 2.24) is 15.1 Å². The van der Waals surface area contributed by atoms with Crippen LogP contribution in [-0.4, -0.2) is 16.3 Å². The van der Waals surface area contributed by atoms with Gasteiger partial charge in [0.1, 0.15) is 0 Å². The zero-order valence-corrected chi connectivity index (χ0v) is 12.5. The van der Waals surface area contributed by atoms with Gasteiger partial charge in [0.2, 0.25) is 0 Å². The van der Waals surface area contributed by atoms with Crippen LogP contribution in [-0.2, 0) is 13.1 Å². The molecule has 0 amide bonds. The molecular formula is C15H20ClN3.